The Balaban J connectivity index is 1.49. The van der Waals surface area contributed by atoms with Gasteiger partial charge in [-0.25, -0.2) is 0 Å². The third-order valence-electron chi connectivity index (χ3n) is 4.68. The standard InChI is InChI=1S/C21H19N5O5/c1-11-25-26-21(31-11)14-9-12(7-8-17(14)30-2)22-18(27)10-16-20(29)23-15-6-4-3-5-13(15)19(28)24-16/h3-9,16H,10H2,1-2H3,(H,22,27)(H,23,29)(H,24,28)/t16-/m0/s1. The largest absolute Gasteiger partial charge is 0.496 e. The summed E-state index contributed by atoms with van der Waals surface area (Å²) < 4.78 is 10.8. The summed E-state index contributed by atoms with van der Waals surface area (Å²) in [6.45, 7) is 1.67. The van der Waals surface area contributed by atoms with Crippen LogP contribution >= 0.6 is 0 Å². The molecule has 0 radical (unpaired) electrons. The number of aromatic nitrogens is 2. The number of hydrogen-bond acceptors (Lipinski definition) is 7. The van der Waals surface area contributed by atoms with E-state index in [1.807, 2.05) is 0 Å². The lowest BCUT2D eigenvalue weighted by Gasteiger charge is -2.15. The molecular formula is C21H19N5O5. The molecule has 10 heteroatoms. The van der Waals surface area contributed by atoms with Crippen molar-refractivity contribution < 1.29 is 23.5 Å². The second kappa shape index (κ2) is 8.27. The monoisotopic (exact) mass is 421 g/mol. The van der Waals surface area contributed by atoms with Gasteiger partial charge in [0.05, 0.1) is 30.3 Å². The Morgan fingerprint density at radius 1 is 1.16 bits per heavy atom. The van der Waals surface area contributed by atoms with E-state index < -0.39 is 23.8 Å². The van der Waals surface area contributed by atoms with Crippen LogP contribution in [0.5, 0.6) is 5.75 Å². The van der Waals surface area contributed by atoms with Gasteiger partial charge in [-0.1, -0.05) is 12.1 Å². The number of nitrogens with zero attached hydrogens (tertiary/aromatic N) is 2. The first-order chi connectivity index (χ1) is 14.9. The number of para-hydroxylation sites is 1. The van der Waals surface area contributed by atoms with Gasteiger partial charge in [-0.15, -0.1) is 10.2 Å². The topological polar surface area (TPSA) is 135 Å². The first-order valence-corrected chi connectivity index (χ1v) is 9.43. The molecule has 3 amide bonds. The van der Waals surface area contributed by atoms with Crippen LogP contribution in [0.25, 0.3) is 11.5 Å². The van der Waals surface area contributed by atoms with E-state index >= 15 is 0 Å². The lowest BCUT2D eigenvalue weighted by Crippen LogP contribution is -2.43. The molecule has 3 N–H and O–H groups in total. The maximum atomic E-state index is 12.6. The summed E-state index contributed by atoms with van der Waals surface area (Å²) in [4.78, 5) is 37.5. The zero-order valence-electron chi connectivity index (χ0n) is 16.8. The van der Waals surface area contributed by atoms with Gasteiger partial charge in [-0.3, -0.25) is 14.4 Å². The van der Waals surface area contributed by atoms with Crippen LogP contribution in [0.3, 0.4) is 0 Å². The highest BCUT2D eigenvalue weighted by atomic mass is 16.5. The summed E-state index contributed by atoms with van der Waals surface area (Å²) >= 11 is 0. The van der Waals surface area contributed by atoms with Crippen molar-refractivity contribution in [2.75, 3.05) is 17.7 Å². The summed E-state index contributed by atoms with van der Waals surface area (Å²) in [6, 6.07) is 10.6. The van der Waals surface area contributed by atoms with Crippen LogP contribution in [-0.4, -0.2) is 41.1 Å². The van der Waals surface area contributed by atoms with Crippen LogP contribution < -0.4 is 20.7 Å². The second-order valence-corrected chi connectivity index (χ2v) is 6.85. The van der Waals surface area contributed by atoms with Gasteiger partial charge in [0, 0.05) is 12.6 Å². The first kappa shape index (κ1) is 20.1. The van der Waals surface area contributed by atoms with Gasteiger partial charge in [-0.05, 0) is 30.3 Å². The summed E-state index contributed by atoms with van der Waals surface area (Å²) in [7, 11) is 1.51. The molecule has 31 heavy (non-hydrogen) atoms. The molecule has 3 aromatic rings. The molecule has 0 fully saturated rings. The minimum atomic E-state index is -1.02. The van der Waals surface area contributed by atoms with E-state index in [-0.39, 0.29) is 12.3 Å². The molecule has 0 spiro atoms. The Kier molecular flexibility index (Phi) is 5.35. The van der Waals surface area contributed by atoms with E-state index in [1.54, 1.807) is 49.4 Å². The van der Waals surface area contributed by atoms with E-state index in [2.05, 4.69) is 26.1 Å². The Bertz CT molecular complexity index is 1170. The maximum absolute atomic E-state index is 12.6. The van der Waals surface area contributed by atoms with Crippen molar-refractivity contribution in [3.05, 3.63) is 53.9 Å². The fourth-order valence-corrected chi connectivity index (χ4v) is 3.21. The summed E-state index contributed by atoms with van der Waals surface area (Å²) in [5.41, 5.74) is 1.70. The molecule has 1 aliphatic heterocycles. The first-order valence-electron chi connectivity index (χ1n) is 9.43. The van der Waals surface area contributed by atoms with Crippen molar-refractivity contribution in [3.8, 4) is 17.2 Å². The Morgan fingerprint density at radius 2 is 1.97 bits per heavy atom. The Hall–Kier alpha value is -4.21. The molecule has 158 valence electrons. The number of ether oxygens (including phenoxy) is 1. The zero-order valence-corrected chi connectivity index (χ0v) is 16.8. The summed E-state index contributed by atoms with van der Waals surface area (Å²) in [6.07, 6.45) is -0.243. The van der Waals surface area contributed by atoms with Gasteiger partial charge in [0.1, 0.15) is 11.8 Å². The van der Waals surface area contributed by atoms with Gasteiger partial charge in [0.15, 0.2) is 0 Å². The number of nitrogens with one attached hydrogen (secondary N) is 3. The van der Waals surface area contributed by atoms with Crippen molar-refractivity contribution in [2.45, 2.75) is 19.4 Å². The molecular weight excluding hydrogens is 402 g/mol. The highest BCUT2D eigenvalue weighted by Crippen LogP contribution is 2.31. The number of carbonyl (C=O) groups is 3. The van der Waals surface area contributed by atoms with Gasteiger partial charge < -0.3 is 25.1 Å². The fourth-order valence-electron chi connectivity index (χ4n) is 3.21. The second-order valence-electron chi connectivity index (χ2n) is 6.85. The molecule has 0 saturated heterocycles. The van der Waals surface area contributed by atoms with Crippen LogP contribution in [0.1, 0.15) is 22.7 Å². The van der Waals surface area contributed by atoms with Crippen molar-refractivity contribution in [2.24, 2.45) is 0 Å². The van der Waals surface area contributed by atoms with Crippen LogP contribution in [-0.2, 0) is 9.59 Å². The minimum Gasteiger partial charge on any atom is -0.496 e. The Labute approximate surface area is 177 Å². The number of fused-ring (bicyclic) bond motifs is 1. The number of amides is 3. The quantitative estimate of drug-likeness (QED) is 0.574. The third kappa shape index (κ3) is 4.22. The highest BCUT2D eigenvalue weighted by molar-refractivity contribution is 6.11. The predicted octanol–water partition coefficient (Wildman–Crippen LogP) is 2.13. The van der Waals surface area contributed by atoms with Crippen molar-refractivity contribution in [1.29, 1.82) is 0 Å². The normalized spacial score (nSPS) is 15.4. The van der Waals surface area contributed by atoms with Crippen molar-refractivity contribution in [3.63, 3.8) is 0 Å². The van der Waals surface area contributed by atoms with Gasteiger partial charge in [0.2, 0.25) is 17.7 Å². The minimum absolute atomic E-state index is 0.243. The number of carbonyl (C=O) groups excluding carboxylic acids is 3. The van der Waals surface area contributed by atoms with E-state index in [1.165, 1.54) is 7.11 Å². The molecule has 2 heterocycles. The number of methoxy groups -OCH3 is 1. The lowest BCUT2D eigenvalue weighted by atomic mass is 10.1. The average molecular weight is 421 g/mol. The van der Waals surface area contributed by atoms with Crippen LogP contribution in [0.2, 0.25) is 0 Å². The number of rotatable bonds is 5. The molecule has 1 aromatic heterocycles. The maximum Gasteiger partial charge on any atom is 0.254 e. The molecule has 10 nitrogen and oxygen atoms in total. The summed E-state index contributed by atoms with van der Waals surface area (Å²) in [5.74, 6) is -0.212. The van der Waals surface area contributed by atoms with Crippen molar-refractivity contribution in [1.82, 2.24) is 15.5 Å². The molecule has 1 aliphatic rings. The average Bonchev–Trinajstić information content (AvgIpc) is 3.14. The molecule has 2 aromatic carbocycles. The van der Waals surface area contributed by atoms with Crippen LogP contribution in [0.15, 0.2) is 46.9 Å². The number of hydrogen-bond donors (Lipinski definition) is 3. The van der Waals surface area contributed by atoms with Gasteiger partial charge in [0.25, 0.3) is 11.8 Å². The smallest absolute Gasteiger partial charge is 0.254 e. The summed E-state index contributed by atoms with van der Waals surface area (Å²) in [5, 5.41) is 15.8. The molecule has 0 aliphatic carbocycles. The molecule has 0 unspecified atom stereocenters. The van der Waals surface area contributed by atoms with Crippen LogP contribution in [0.4, 0.5) is 11.4 Å². The van der Waals surface area contributed by atoms with Gasteiger partial charge >= 0.3 is 0 Å². The predicted molar refractivity (Wildman–Crippen MR) is 111 cm³/mol. The van der Waals surface area contributed by atoms with E-state index in [4.69, 9.17) is 9.15 Å². The van der Waals surface area contributed by atoms with E-state index in [9.17, 15) is 14.4 Å². The molecule has 0 bridgehead atoms. The zero-order chi connectivity index (χ0) is 22.0. The van der Waals surface area contributed by atoms with E-state index in [0.717, 1.165) is 0 Å². The van der Waals surface area contributed by atoms with E-state index in [0.29, 0.717) is 34.1 Å². The van der Waals surface area contributed by atoms with Crippen LogP contribution in [0, 0.1) is 6.92 Å². The molecule has 0 saturated carbocycles. The molecule has 4 rings (SSSR count). The SMILES string of the molecule is COc1ccc(NC(=O)C[C@@H]2NC(=O)c3ccccc3NC2=O)cc1-c1nnc(C)o1. The molecule has 1 atom stereocenters. The third-order valence-corrected chi connectivity index (χ3v) is 4.68. The lowest BCUT2D eigenvalue weighted by molar-refractivity contribution is -0.122. The van der Waals surface area contributed by atoms with Crippen molar-refractivity contribution >= 4 is 29.1 Å². The number of anilines is 2. The number of aryl methyl sites for hydroxylation is 1. The van der Waals surface area contributed by atoms with Gasteiger partial charge in [-0.2, -0.15) is 0 Å². The highest BCUT2D eigenvalue weighted by Gasteiger charge is 2.29. The number of benzene rings is 2. The fraction of sp³-hybridized carbons (Fsp3) is 0.190. The Morgan fingerprint density at radius 3 is 2.71 bits per heavy atom.